The van der Waals surface area contributed by atoms with E-state index in [2.05, 4.69) is 30.1 Å². The van der Waals surface area contributed by atoms with Gasteiger partial charge in [-0.15, -0.1) is 0 Å². The summed E-state index contributed by atoms with van der Waals surface area (Å²) in [6.07, 6.45) is 0.609. The normalized spacial score (nSPS) is 14.1. The highest BCUT2D eigenvalue weighted by molar-refractivity contribution is 5.97. The maximum absolute atomic E-state index is 12.1. The van der Waals surface area contributed by atoms with Crippen molar-refractivity contribution in [3.05, 3.63) is 29.8 Å². The average Bonchev–Trinajstić information content (AvgIpc) is 2.45. The van der Waals surface area contributed by atoms with Crippen LogP contribution in [-0.4, -0.2) is 29.4 Å². The molecule has 0 saturated heterocycles. The number of rotatable bonds is 7. The van der Waals surface area contributed by atoms with Crippen LogP contribution in [0.25, 0.3) is 0 Å². The van der Waals surface area contributed by atoms with Crippen LogP contribution in [0.3, 0.4) is 0 Å². The summed E-state index contributed by atoms with van der Waals surface area (Å²) in [7, 11) is 0. The predicted molar refractivity (Wildman–Crippen MR) is 84.6 cm³/mol. The molecule has 0 aliphatic rings. The molecule has 0 aliphatic carbocycles. The summed E-state index contributed by atoms with van der Waals surface area (Å²) < 4.78 is 0. The minimum atomic E-state index is -0.825. The van der Waals surface area contributed by atoms with Crippen molar-refractivity contribution in [2.75, 3.05) is 18.4 Å². The molecule has 0 aromatic heterocycles. The molecule has 0 saturated carbocycles. The van der Waals surface area contributed by atoms with E-state index in [0.29, 0.717) is 6.42 Å². The van der Waals surface area contributed by atoms with Gasteiger partial charge in [-0.1, -0.05) is 32.9 Å². The molecule has 0 radical (unpaired) electrons. The van der Waals surface area contributed by atoms with Crippen molar-refractivity contribution < 1.29 is 4.79 Å². The Hall–Kier alpha value is -1.39. The summed E-state index contributed by atoms with van der Waals surface area (Å²) in [4.78, 5) is 14.4. The van der Waals surface area contributed by atoms with Crippen LogP contribution in [0.15, 0.2) is 24.3 Å². The lowest BCUT2D eigenvalue weighted by atomic mass is 9.99. The van der Waals surface area contributed by atoms with Crippen molar-refractivity contribution in [2.24, 2.45) is 5.73 Å². The van der Waals surface area contributed by atoms with Crippen LogP contribution in [0.4, 0.5) is 5.69 Å². The number of carbonyl (C=O) groups excluding carboxylic acids is 1. The highest BCUT2D eigenvalue weighted by atomic mass is 16.2. The van der Waals surface area contributed by atoms with Gasteiger partial charge in [-0.3, -0.25) is 9.69 Å². The smallest absolute Gasteiger partial charge is 0.244 e. The van der Waals surface area contributed by atoms with Gasteiger partial charge >= 0.3 is 0 Å². The van der Waals surface area contributed by atoms with E-state index in [1.54, 1.807) is 6.92 Å². The number of amides is 1. The Labute approximate surface area is 122 Å². The fraction of sp³-hybridized carbons (Fsp3) is 0.562. The zero-order chi connectivity index (χ0) is 15.2. The Morgan fingerprint density at radius 1 is 1.30 bits per heavy atom. The van der Waals surface area contributed by atoms with Crippen LogP contribution in [0, 0.1) is 0 Å². The largest absolute Gasteiger partial charge is 0.324 e. The minimum Gasteiger partial charge on any atom is -0.324 e. The van der Waals surface area contributed by atoms with Crippen LogP contribution < -0.4 is 11.1 Å². The summed E-state index contributed by atoms with van der Waals surface area (Å²) in [5.41, 5.74) is 7.13. The Bertz CT molecular complexity index is 439. The maximum Gasteiger partial charge on any atom is 0.244 e. The fourth-order valence-corrected chi connectivity index (χ4v) is 1.89. The zero-order valence-corrected chi connectivity index (χ0v) is 13.1. The number of carbonyl (C=O) groups is 1. The van der Waals surface area contributed by atoms with E-state index in [1.807, 2.05) is 25.1 Å². The number of anilines is 1. The summed E-state index contributed by atoms with van der Waals surface area (Å²) in [5, 5.41) is 2.90. The summed E-state index contributed by atoms with van der Waals surface area (Å²) in [5.74, 6) is -0.139. The zero-order valence-electron chi connectivity index (χ0n) is 13.1. The van der Waals surface area contributed by atoms with E-state index in [-0.39, 0.29) is 5.91 Å². The molecule has 1 amide bonds. The van der Waals surface area contributed by atoms with Crippen molar-refractivity contribution in [2.45, 2.75) is 46.2 Å². The molecular weight excluding hydrogens is 250 g/mol. The van der Waals surface area contributed by atoms with Gasteiger partial charge in [-0.05, 0) is 44.1 Å². The molecule has 112 valence electrons. The SMILES string of the molecule is CCN(CC)Cc1cccc(NC(=O)C(C)(N)CC)c1. The molecular formula is C16H27N3O. The van der Waals surface area contributed by atoms with Crippen molar-refractivity contribution in [1.29, 1.82) is 0 Å². The lowest BCUT2D eigenvalue weighted by molar-refractivity contribution is -0.120. The molecule has 1 unspecified atom stereocenters. The molecule has 4 nitrogen and oxygen atoms in total. The summed E-state index contributed by atoms with van der Waals surface area (Å²) in [6, 6.07) is 7.96. The first-order valence-electron chi connectivity index (χ1n) is 7.34. The second kappa shape index (κ2) is 7.41. The van der Waals surface area contributed by atoms with E-state index in [1.165, 1.54) is 5.56 Å². The molecule has 20 heavy (non-hydrogen) atoms. The van der Waals surface area contributed by atoms with E-state index in [9.17, 15) is 4.79 Å². The predicted octanol–water partition coefficient (Wildman–Crippen LogP) is 2.59. The molecule has 1 aromatic carbocycles. The quantitative estimate of drug-likeness (QED) is 0.805. The van der Waals surface area contributed by atoms with E-state index in [0.717, 1.165) is 25.3 Å². The van der Waals surface area contributed by atoms with Crippen molar-refractivity contribution in [3.8, 4) is 0 Å². The minimum absolute atomic E-state index is 0.139. The molecule has 1 rings (SSSR count). The standard InChI is InChI=1S/C16H27N3O/c1-5-16(4,17)15(20)18-14-10-8-9-13(11-14)12-19(6-2)7-3/h8-11H,5-7,12,17H2,1-4H3,(H,18,20). The highest BCUT2D eigenvalue weighted by Gasteiger charge is 2.25. The third-order valence-electron chi connectivity index (χ3n) is 3.74. The highest BCUT2D eigenvalue weighted by Crippen LogP contribution is 2.15. The molecule has 1 aromatic rings. The van der Waals surface area contributed by atoms with Crippen LogP contribution in [0.2, 0.25) is 0 Å². The van der Waals surface area contributed by atoms with Crippen LogP contribution in [0.1, 0.15) is 39.7 Å². The van der Waals surface area contributed by atoms with Gasteiger partial charge in [0.1, 0.15) is 0 Å². The number of nitrogens with one attached hydrogen (secondary N) is 1. The van der Waals surface area contributed by atoms with Crippen molar-refractivity contribution in [1.82, 2.24) is 4.90 Å². The van der Waals surface area contributed by atoms with Crippen molar-refractivity contribution >= 4 is 11.6 Å². The third kappa shape index (κ3) is 4.62. The number of hydrogen-bond acceptors (Lipinski definition) is 3. The lowest BCUT2D eigenvalue weighted by Crippen LogP contribution is -2.47. The van der Waals surface area contributed by atoms with Crippen LogP contribution in [0.5, 0.6) is 0 Å². The first-order chi connectivity index (χ1) is 9.42. The molecule has 0 spiro atoms. The van der Waals surface area contributed by atoms with Gasteiger partial charge in [-0.25, -0.2) is 0 Å². The van der Waals surface area contributed by atoms with Gasteiger partial charge in [0.25, 0.3) is 0 Å². The second-order valence-corrected chi connectivity index (χ2v) is 5.39. The molecule has 0 heterocycles. The average molecular weight is 277 g/mol. The lowest BCUT2D eigenvalue weighted by Gasteiger charge is -2.22. The molecule has 0 fully saturated rings. The number of nitrogens with zero attached hydrogens (tertiary/aromatic N) is 1. The fourth-order valence-electron chi connectivity index (χ4n) is 1.89. The van der Waals surface area contributed by atoms with Gasteiger partial charge in [0.2, 0.25) is 5.91 Å². The third-order valence-corrected chi connectivity index (χ3v) is 3.74. The topological polar surface area (TPSA) is 58.4 Å². The maximum atomic E-state index is 12.1. The van der Waals surface area contributed by atoms with Gasteiger partial charge in [0, 0.05) is 12.2 Å². The Morgan fingerprint density at radius 3 is 2.50 bits per heavy atom. The first-order valence-corrected chi connectivity index (χ1v) is 7.34. The Balaban J connectivity index is 2.76. The van der Waals surface area contributed by atoms with Gasteiger partial charge in [0.15, 0.2) is 0 Å². The van der Waals surface area contributed by atoms with E-state index >= 15 is 0 Å². The second-order valence-electron chi connectivity index (χ2n) is 5.39. The van der Waals surface area contributed by atoms with Crippen molar-refractivity contribution in [3.63, 3.8) is 0 Å². The van der Waals surface area contributed by atoms with Gasteiger partial charge in [-0.2, -0.15) is 0 Å². The summed E-state index contributed by atoms with van der Waals surface area (Å²) >= 11 is 0. The molecule has 0 bridgehead atoms. The van der Waals surface area contributed by atoms with Gasteiger partial charge in [0.05, 0.1) is 5.54 Å². The van der Waals surface area contributed by atoms with Crippen LogP contribution >= 0.6 is 0 Å². The first kappa shape index (κ1) is 16.7. The van der Waals surface area contributed by atoms with Gasteiger partial charge < -0.3 is 11.1 Å². The Morgan fingerprint density at radius 2 is 1.95 bits per heavy atom. The number of nitrogens with two attached hydrogens (primary N) is 1. The van der Waals surface area contributed by atoms with E-state index < -0.39 is 5.54 Å². The number of benzene rings is 1. The molecule has 3 N–H and O–H groups in total. The van der Waals surface area contributed by atoms with E-state index in [4.69, 9.17) is 5.73 Å². The monoisotopic (exact) mass is 277 g/mol. The molecule has 4 heteroatoms. The molecule has 1 atom stereocenters. The molecule has 0 aliphatic heterocycles. The Kier molecular flexibility index (Phi) is 6.17. The number of hydrogen-bond donors (Lipinski definition) is 2. The summed E-state index contributed by atoms with van der Waals surface area (Å²) in [6.45, 7) is 10.9. The van der Waals surface area contributed by atoms with Crippen LogP contribution in [-0.2, 0) is 11.3 Å².